The molecule has 0 radical (unpaired) electrons. The summed E-state index contributed by atoms with van der Waals surface area (Å²) >= 11 is 1.44. The SMILES string of the molecule is CCC1(NCc2nc3ccsc3c(=O)[nH]2)CCC1. The molecule has 0 aliphatic heterocycles. The number of hydrogen-bond donors (Lipinski definition) is 2. The zero-order valence-corrected chi connectivity index (χ0v) is 11.3. The summed E-state index contributed by atoms with van der Waals surface area (Å²) in [7, 11) is 0. The van der Waals surface area contributed by atoms with Gasteiger partial charge >= 0.3 is 0 Å². The Morgan fingerprint density at radius 2 is 2.39 bits per heavy atom. The molecule has 96 valence electrons. The zero-order valence-electron chi connectivity index (χ0n) is 10.5. The van der Waals surface area contributed by atoms with Crippen LogP contribution in [0.2, 0.25) is 0 Å². The third-order valence-electron chi connectivity index (χ3n) is 3.98. The summed E-state index contributed by atoms with van der Waals surface area (Å²) in [5.74, 6) is 0.741. The molecule has 2 N–H and O–H groups in total. The molecule has 0 atom stereocenters. The molecule has 2 heterocycles. The summed E-state index contributed by atoms with van der Waals surface area (Å²) in [5, 5.41) is 5.46. The zero-order chi connectivity index (χ0) is 12.6. The van der Waals surface area contributed by atoms with Gasteiger partial charge in [-0.05, 0) is 37.1 Å². The van der Waals surface area contributed by atoms with Crippen molar-refractivity contribution in [3.63, 3.8) is 0 Å². The van der Waals surface area contributed by atoms with Crippen LogP contribution in [-0.4, -0.2) is 15.5 Å². The van der Waals surface area contributed by atoms with Crippen LogP contribution in [0.3, 0.4) is 0 Å². The fourth-order valence-electron chi connectivity index (χ4n) is 2.54. The molecule has 5 heteroatoms. The summed E-state index contributed by atoms with van der Waals surface area (Å²) in [6.45, 7) is 2.86. The fourth-order valence-corrected chi connectivity index (χ4v) is 3.26. The van der Waals surface area contributed by atoms with Crippen LogP contribution in [0, 0.1) is 0 Å². The van der Waals surface area contributed by atoms with Gasteiger partial charge in [0.25, 0.3) is 5.56 Å². The molecule has 0 saturated heterocycles. The molecule has 1 aliphatic carbocycles. The third kappa shape index (κ3) is 1.97. The molecule has 18 heavy (non-hydrogen) atoms. The Kier molecular flexibility index (Phi) is 2.95. The fraction of sp³-hybridized carbons (Fsp3) is 0.538. The van der Waals surface area contributed by atoms with E-state index in [1.54, 1.807) is 0 Å². The molecular weight excluding hydrogens is 246 g/mol. The molecule has 4 nitrogen and oxygen atoms in total. The minimum absolute atomic E-state index is 0.0223. The first-order valence-electron chi connectivity index (χ1n) is 6.44. The highest BCUT2D eigenvalue weighted by molar-refractivity contribution is 7.17. The van der Waals surface area contributed by atoms with Crippen molar-refractivity contribution in [1.82, 2.24) is 15.3 Å². The summed E-state index contributed by atoms with van der Waals surface area (Å²) in [5.41, 5.74) is 1.06. The maximum absolute atomic E-state index is 11.8. The molecule has 1 saturated carbocycles. The second-order valence-corrected chi connectivity index (χ2v) is 5.90. The van der Waals surface area contributed by atoms with Crippen molar-refractivity contribution in [2.75, 3.05) is 0 Å². The van der Waals surface area contributed by atoms with Crippen LogP contribution >= 0.6 is 11.3 Å². The largest absolute Gasteiger partial charge is 0.308 e. The van der Waals surface area contributed by atoms with Crippen LogP contribution in [0.5, 0.6) is 0 Å². The number of aromatic amines is 1. The van der Waals surface area contributed by atoms with Gasteiger partial charge in [0, 0.05) is 5.54 Å². The molecule has 0 bridgehead atoms. The van der Waals surface area contributed by atoms with Gasteiger partial charge < -0.3 is 10.3 Å². The lowest BCUT2D eigenvalue weighted by molar-refractivity contribution is 0.174. The van der Waals surface area contributed by atoms with Crippen LogP contribution < -0.4 is 10.9 Å². The lowest BCUT2D eigenvalue weighted by Crippen LogP contribution is -2.50. The lowest BCUT2D eigenvalue weighted by atomic mass is 9.75. The average molecular weight is 263 g/mol. The molecule has 2 aromatic rings. The quantitative estimate of drug-likeness (QED) is 0.890. The van der Waals surface area contributed by atoms with E-state index in [-0.39, 0.29) is 11.1 Å². The average Bonchev–Trinajstić information content (AvgIpc) is 2.77. The summed E-state index contributed by atoms with van der Waals surface area (Å²) in [6, 6.07) is 1.90. The third-order valence-corrected chi connectivity index (χ3v) is 4.88. The topological polar surface area (TPSA) is 57.8 Å². The van der Waals surface area contributed by atoms with Crippen LogP contribution in [0.1, 0.15) is 38.4 Å². The van der Waals surface area contributed by atoms with Crippen LogP contribution in [0.25, 0.3) is 10.2 Å². The van der Waals surface area contributed by atoms with E-state index >= 15 is 0 Å². The maximum atomic E-state index is 11.8. The first-order valence-corrected chi connectivity index (χ1v) is 7.32. The van der Waals surface area contributed by atoms with Crippen LogP contribution in [0.15, 0.2) is 16.2 Å². The summed E-state index contributed by atoms with van der Waals surface area (Å²) in [6.07, 6.45) is 4.90. The minimum Gasteiger partial charge on any atom is -0.308 e. The Labute approximate surface area is 109 Å². The van der Waals surface area contributed by atoms with Gasteiger partial charge in [0.05, 0.1) is 12.1 Å². The van der Waals surface area contributed by atoms with E-state index in [1.807, 2.05) is 11.4 Å². The molecule has 1 fully saturated rings. The number of nitrogens with one attached hydrogen (secondary N) is 2. The second-order valence-electron chi connectivity index (χ2n) is 4.99. The van der Waals surface area contributed by atoms with Crippen molar-refractivity contribution in [2.24, 2.45) is 0 Å². The highest BCUT2D eigenvalue weighted by Gasteiger charge is 2.34. The minimum atomic E-state index is -0.0223. The predicted octanol–water partition coefficient (Wildman–Crippen LogP) is 2.41. The van der Waals surface area contributed by atoms with E-state index in [4.69, 9.17) is 0 Å². The Bertz CT molecular complexity index is 606. The van der Waals surface area contributed by atoms with Gasteiger partial charge in [-0.25, -0.2) is 4.98 Å². The number of H-pyrrole nitrogens is 1. The van der Waals surface area contributed by atoms with Gasteiger partial charge in [-0.1, -0.05) is 6.92 Å². The van der Waals surface area contributed by atoms with E-state index in [9.17, 15) is 4.79 Å². The second kappa shape index (κ2) is 4.48. The molecule has 0 aromatic carbocycles. The highest BCUT2D eigenvalue weighted by atomic mass is 32.1. The van der Waals surface area contributed by atoms with Crippen molar-refractivity contribution >= 4 is 21.6 Å². The molecule has 0 amide bonds. The van der Waals surface area contributed by atoms with Gasteiger partial charge in [0.2, 0.25) is 0 Å². The number of aromatic nitrogens is 2. The van der Waals surface area contributed by atoms with Crippen LogP contribution in [-0.2, 0) is 6.54 Å². The van der Waals surface area contributed by atoms with Gasteiger partial charge in [-0.3, -0.25) is 4.79 Å². The molecule has 0 spiro atoms. The highest BCUT2D eigenvalue weighted by Crippen LogP contribution is 2.34. The number of nitrogens with zero attached hydrogens (tertiary/aromatic N) is 1. The molecular formula is C13H17N3OS. The van der Waals surface area contributed by atoms with Crippen molar-refractivity contribution in [2.45, 2.75) is 44.7 Å². The predicted molar refractivity (Wildman–Crippen MR) is 74.0 cm³/mol. The first-order chi connectivity index (χ1) is 8.72. The number of rotatable bonds is 4. The first kappa shape index (κ1) is 11.9. The summed E-state index contributed by atoms with van der Waals surface area (Å²) < 4.78 is 0.715. The lowest BCUT2D eigenvalue weighted by Gasteiger charge is -2.42. The van der Waals surface area contributed by atoms with E-state index in [0.717, 1.165) is 17.8 Å². The van der Waals surface area contributed by atoms with Gasteiger partial charge in [-0.15, -0.1) is 11.3 Å². The Morgan fingerprint density at radius 3 is 3.06 bits per heavy atom. The number of thiophene rings is 1. The maximum Gasteiger partial charge on any atom is 0.268 e. The monoisotopic (exact) mass is 263 g/mol. The Balaban J connectivity index is 1.80. The normalized spacial score (nSPS) is 17.8. The summed E-state index contributed by atoms with van der Waals surface area (Å²) in [4.78, 5) is 19.2. The number of hydrogen-bond acceptors (Lipinski definition) is 4. The Hall–Kier alpha value is -1.20. The van der Waals surface area contributed by atoms with Crippen molar-refractivity contribution in [1.29, 1.82) is 0 Å². The molecule has 2 aromatic heterocycles. The molecule has 0 unspecified atom stereocenters. The van der Waals surface area contributed by atoms with E-state index < -0.39 is 0 Å². The Morgan fingerprint density at radius 1 is 1.56 bits per heavy atom. The smallest absolute Gasteiger partial charge is 0.268 e. The van der Waals surface area contributed by atoms with E-state index in [2.05, 4.69) is 22.2 Å². The molecule has 1 aliphatic rings. The van der Waals surface area contributed by atoms with Gasteiger partial charge in [-0.2, -0.15) is 0 Å². The molecule has 3 rings (SSSR count). The van der Waals surface area contributed by atoms with Crippen LogP contribution in [0.4, 0.5) is 0 Å². The standard InChI is InChI=1S/C13H17N3OS/c1-2-13(5-3-6-13)14-8-10-15-9-4-7-18-11(9)12(17)16-10/h4,7,14H,2-3,5-6,8H2,1H3,(H,15,16,17). The number of fused-ring (bicyclic) bond motifs is 1. The van der Waals surface area contributed by atoms with E-state index in [1.165, 1.54) is 30.6 Å². The van der Waals surface area contributed by atoms with Gasteiger partial charge in [0.1, 0.15) is 10.5 Å². The van der Waals surface area contributed by atoms with Crippen molar-refractivity contribution < 1.29 is 0 Å². The van der Waals surface area contributed by atoms with E-state index in [0.29, 0.717) is 11.2 Å². The van der Waals surface area contributed by atoms with Crippen molar-refractivity contribution in [3.05, 3.63) is 27.6 Å². The van der Waals surface area contributed by atoms with Gasteiger partial charge in [0.15, 0.2) is 0 Å². The van der Waals surface area contributed by atoms with Crippen molar-refractivity contribution in [3.8, 4) is 0 Å².